The molecule has 2 aromatic heterocycles. The number of rotatable bonds is 3. The van der Waals surface area contributed by atoms with Gasteiger partial charge in [-0.25, -0.2) is 0 Å². The Morgan fingerprint density at radius 3 is 2.21 bits per heavy atom. The number of aromatic nitrogens is 2. The van der Waals surface area contributed by atoms with Gasteiger partial charge in [-0.05, 0) is 96.0 Å². The van der Waals surface area contributed by atoms with Crippen molar-refractivity contribution < 1.29 is 4.74 Å². The molecule has 1 saturated heterocycles. The van der Waals surface area contributed by atoms with Crippen molar-refractivity contribution in [2.45, 2.75) is 44.0 Å². The molecule has 0 amide bonds. The number of para-hydroxylation sites is 3. The average molecular weight is 737 g/mol. The maximum Gasteiger partial charge on any atom is 0.125 e. The molecule has 8 aromatic rings. The Balaban J connectivity index is 0.967. The fourth-order valence-electron chi connectivity index (χ4n) is 10.9. The van der Waals surface area contributed by atoms with E-state index >= 15 is 0 Å². The summed E-state index contributed by atoms with van der Waals surface area (Å²) in [5.74, 6) is 1.35. The number of nitrogens with zero attached hydrogens (tertiary/aromatic N) is 2. The van der Waals surface area contributed by atoms with Gasteiger partial charge in [-0.2, -0.15) is 0 Å². The van der Waals surface area contributed by atoms with Gasteiger partial charge in [0.2, 0.25) is 0 Å². The lowest BCUT2D eigenvalue weighted by molar-refractivity contribution is 0.0720. The van der Waals surface area contributed by atoms with Crippen LogP contribution in [0.2, 0.25) is 0 Å². The van der Waals surface area contributed by atoms with Crippen LogP contribution in [-0.4, -0.2) is 27.4 Å². The maximum absolute atomic E-state index is 6.50. The molecule has 2 aliphatic heterocycles. The van der Waals surface area contributed by atoms with Crippen LogP contribution in [0.4, 0.5) is 0 Å². The predicted octanol–water partition coefficient (Wildman–Crippen LogP) is 11.7. The molecule has 0 radical (unpaired) electrons. The summed E-state index contributed by atoms with van der Waals surface area (Å²) in [6, 6.07) is 43.0. The van der Waals surface area contributed by atoms with E-state index in [2.05, 4.69) is 178 Å². The maximum atomic E-state index is 6.50. The van der Waals surface area contributed by atoms with Gasteiger partial charge in [0.25, 0.3) is 0 Å². The zero-order chi connectivity index (χ0) is 37.2. The summed E-state index contributed by atoms with van der Waals surface area (Å²) < 4.78 is 11.5. The topological polar surface area (TPSA) is 43.1 Å². The molecule has 3 aliphatic carbocycles. The van der Waals surface area contributed by atoms with Gasteiger partial charge in [0, 0.05) is 61.5 Å². The molecule has 57 heavy (non-hydrogen) atoms. The lowest BCUT2D eigenvalue weighted by Crippen LogP contribution is -2.60. The molecule has 4 heterocycles. The number of hydrogen-bond donors (Lipinski definition) is 2. The smallest absolute Gasteiger partial charge is 0.125 e. The normalized spacial score (nSPS) is 22.8. The molecule has 2 N–H and O–H groups in total. The van der Waals surface area contributed by atoms with Crippen LogP contribution < -0.4 is 10.6 Å². The molecule has 274 valence electrons. The van der Waals surface area contributed by atoms with E-state index in [0.29, 0.717) is 0 Å². The predicted molar refractivity (Wildman–Crippen MR) is 235 cm³/mol. The van der Waals surface area contributed by atoms with Crippen LogP contribution in [0.1, 0.15) is 25.7 Å². The molecule has 0 spiro atoms. The van der Waals surface area contributed by atoms with Crippen LogP contribution in [0.15, 0.2) is 180 Å². The largest absolute Gasteiger partial charge is 0.486 e. The molecule has 5 nitrogen and oxygen atoms in total. The van der Waals surface area contributed by atoms with E-state index in [9.17, 15) is 0 Å². The first-order valence-corrected chi connectivity index (χ1v) is 20.5. The standard InChI is InChI=1S/C52H40N4O/c1-2-11-33(12-3-1)56-42-17-7-4-13-35(42)38-28-24-31-23-27-37-36(47(31)51(38)56)29-30-44-48(37)39-14-5-8-18-43(39)55(44)34-25-21-32(22-26-34)52-53-41-16-10-20-46-49(41)50(54-52)40-15-6-9-19-45(40)57-46/h1-9,11-15,17-21,23-25,27-30,40,45,50,52-54H,10,16,22,26H2. The van der Waals surface area contributed by atoms with Crippen LogP contribution in [0.25, 0.3) is 76.5 Å². The Kier molecular flexibility index (Phi) is 6.64. The summed E-state index contributed by atoms with van der Waals surface area (Å²) in [5.41, 5.74) is 11.6. The van der Waals surface area contributed by atoms with Crippen LogP contribution in [0.3, 0.4) is 0 Å². The summed E-state index contributed by atoms with van der Waals surface area (Å²) >= 11 is 0. The quantitative estimate of drug-likeness (QED) is 0.178. The van der Waals surface area contributed by atoms with Crippen LogP contribution in [0, 0.1) is 5.92 Å². The van der Waals surface area contributed by atoms with Crippen LogP contribution in [-0.2, 0) is 4.74 Å². The van der Waals surface area contributed by atoms with E-state index in [1.54, 1.807) is 0 Å². The monoisotopic (exact) mass is 736 g/mol. The van der Waals surface area contributed by atoms with E-state index in [-0.39, 0.29) is 24.2 Å². The Hall–Kier alpha value is -6.56. The molecular formula is C52H40N4O. The second-order valence-electron chi connectivity index (χ2n) is 16.3. The summed E-state index contributed by atoms with van der Waals surface area (Å²) in [5, 5.41) is 18.3. The highest BCUT2D eigenvalue weighted by molar-refractivity contribution is 6.31. The van der Waals surface area contributed by atoms with E-state index in [4.69, 9.17) is 4.74 Å². The molecule has 5 heteroatoms. The van der Waals surface area contributed by atoms with Gasteiger partial charge in [0.15, 0.2) is 0 Å². The molecule has 4 unspecified atom stereocenters. The number of ether oxygens (including phenoxy) is 1. The SMILES string of the molecule is C1=CC2OC3=CCCC4=C3C(NC(C3=CC=C(n5c6ccccc6c6c7ccc8ccc9c%10ccccc%10n(-c%10ccccc%10)c9c8c7ccc65)CC3)N4)C2C=C1. The summed E-state index contributed by atoms with van der Waals surface area (Å²) in [6.45, 7) is 0. The van der Waals surface area contributed by atoms with Crippen molar-refractivity contribution in [3.05, 3.63) is 180 Å². The van der Waals surface area contributed by atoms with Crippen molar-refractivity contribution in [2.75, 3.05) is 0 Å². The molecule has 5 aliphatic rings. The Labute approximate surface area is 330 Å². The van der Waals surface area contributed by atoms with Gasteiger partial charge < -0.3 is 19.2 Å². The molecular weight excluding hydrogens is 697 g/mol. The van der Waals surface area contributed by atoms with Crippen molar-refractivity contribution in [2.24, 2.45) is 5.92 Å². The minimum Gasteiger partial charge on any atom is -0.486 e. The van der Waals surface area contributed by atoms with Gasteiger partial charge in [-0.15, -0.1) is 0 Å². The minimum atomic E-state index is 0.0804. The zero-order valence-electron chi connectivity index (χ0n) is 31.5. The molecule has 4 atom stereocenters. The Morgan fingerprint density at radius 2 is 1.35 bits per heavy atom. The van der Waals surface area contributed by atoms with Gasteiger partial charge in [-0.1, -0.05) is 109 Å². The van der Waals surface area contributed by atoms with Gasteiger partial charge in [0.1, 0.15) is 11.9 Å². The highest BCUT2D eigenvalue weighted by atomic mass is 16.5. The van der Waals surface area contributed by atoms with Gasteiger partial charge in [0.05, 0.1) is 28.2 Å². The Bertz CT molecular complexity index is 3240. The van der Waals surface area contributed by atoms with Gasteiger partial charge in [-0.3, -0.25) is 5.32 Å². The number of fused-ring (bicyclic) bond motifs is 13. The van der Waals surface area contributed by atoms with Crippen molar-refractivity contribution in [1.82, 2.24) is 19.8 Å². The van der Waals surface area contributed by atoms with Crippen LogP contribution in [0.5, 0.6) is 0 Å². The molecule has 0 saturated carbocycles. The van der Waals surface area contributed by atoms with Crippen molar-refractivity contribution in [3.63, 3.8) is 0 Å². The van der Waals surface area contributed by atoms with E-state index in [0.717, 1.165) is 31.4 Å². The first-order valence-electron chi connectivity index (χ1n) is 20.5. The molecule has 13 rings (SSSR count). The number of hydrogen-bond acceptors (Lipinski definition) is 3. The first kappa shape index (κ1) is 31.6. The van der Waals surface area contributed by atoms with Crippen molar-refractivity contribution >= 4 is 70.9 Å². The average Bonchev–Trinajstić information content (AvgIpc) is 3.80. The lowest BCUT2D eigenvalue weighted by atomic mass is 9.78. The summed E-state index contributed by atoms with van der Waals surface area (Å²) in [4.78, 5) is 0. The highest BCUT2D eigenvalue weighted by Gasteiger charge is 2.44. The van der Waals surface area contributed by atoms with E-state index in [1.165, 1.54) is 93.4 Å². The fraction of sp³-hybridized carbons (Fsp3) is 0.154. The van der Waals surface area contributed by atoms with Crippen LogP contribution >= 0.6 is 0 Å². The van der Waals surface area contributed by atoms with Crippen molar-refractivity contribution in [3.8, 4) is 5.69 Å². The number of nitrogens with one attached hydrogen (secondary N) is 2. The van der Waals surface area contributed by atoms with E-state index < -0.39 is 0 Å². The number of allylic oxidation sites excluding steroid dienone is 7. The van der Waals surface area contributed by atoms with Crippen molar-refractivity contribution in [1.29, 1.82) is 0 Å². The third-order valence-electron chi connectivity index (χ3n) is 13.3. The highest BCUT2D eigenvalue weighted by Crippen LogP contribution is 2.45. The third-order valence-corrected chi connectivity index (χ3v) is 13.3. The zero-order valence-corrected chi connectivity index (χ0v) is 31.5. The fourth-order valence-corrected chi connectivity index (χ4v) is 10.9. The second-order valence-corrected chi connectivity index (χ2v) is 16.3. The number of benzene rings is 6. The molecule has 0 bridgehead atoms. The third kappa shape index (κ3) is 4.49. The molecule has 1 fully saturated rings. The summed E-state index contributed by atoms with van der Waals surface area (Å²) in [7, 11) is 0. The lowest BCUT2D eigenvalue weighted by Gasteiger charge is -2.48. The first-order chi connectivity index (χ1) is 28.3. The minimum absolute atomic E-state index is 0.0804. The van der Waals surface area contributed by atoms with Gasteiger partial charge >= 0.3 is 0 Å². The molecule has 6 aromatic carbocycles. The van der Waals surface area contributed by atoms with E-state index in [1.807, 2.05) is 0 Å². The Morgan fingerprint density at radius 1 is 0.596 bits per heavy atom. The second kappa shape index (κ2) is 12.0. The summed E-state index contributed by atoms with van der Waals surface area (Å²) in [6.07, 6.45) is 20.1.